The fraction of sp³-hybridized carbons (Fsp3) is 0.797. The van der Waals surface area contributed by atoms with Crippen molar-refractivity contribution in [2.45, 2.75) is 303 Å². The minimum absolute atomic E-state index is 0.150. The molecule has 2 N–H and O–H groups in total. The first-order valence-electron chi connectivity index (χ1n) is 31.2. The highest BCUT2D eigenvalue weighted by Crippen LogP contribution is 2.43. The molecule has 0 aromatic carbocycles. The highest BCUT2D eigenvalue weighted by atomic mass is 31.2. The van der Waals surface area contributed by atoms with Crippen molar-refractivity contribution >= 4 is 25.7 Å². The van der Waals surface area contributed by atoms with Gasteiger partial charge in [0, 0.05) is 19.3 Å². The zero-order chi connectivity index (χ0) is 55.5. The summed E-state index contributed by atoms with van der Waals surface area (Å²) in [5, 5.41) is 9.84. The van der Waals surface area contributed by atoms with E-state index in [1.807, 2.05) is 0 Å². The summed E-state index contributed by atoms with van der Waals surface area (Å²) >= 11 is 0. The number of phosphoric acid groups is 1. The summed E-state index contributed by atoms with van der Waals surface area (Å²) in [7, 11) is -4.75. The standard InChI is InChI=1S/C64H115O11P/c1-4-7-10-13-16-19-22-25-27-29-30-32-34-37-40-43-46-49-52-55-64(68)75-61(57-71-62(66)53-50-47-44-41-38-35-24-21-18-15-12-9-6-3)59-73-76(69,70)72-58-60(56-65)74-63(67)54-51-48-45-42-39-36-33-31-28-26-23-20-17-14-11-8-5-2/h7,10,16,19,21,24-25,27,30,32,60-61,65H,4-6,8-9,11-15,17-18,20,22-23,26,28-29,31,33-59H2,1-3H3,(H,69,70)/b10-7-,19-16-,24-21-,27-25-,32-30-. The monoisotopic (exact) mass is 1090 g/mol. The molecule has 0 aromatic rings. The lowest BCUT2D eigenvalue weighted by molar-refractivity contribution is -0.161. The first-order chi connectivity index (χ1) is 37.2. The smallest absolute Gasteiger partial charge is 0.462 e. The van der Waals surface area contributed by atoms with Gasteiger partial charge in [0.05, 0.1) is 19.8 Å². The molecule has 76 heavy (non-hydrogen) atoms. The summed E-state index contributed by atoms with van der Waals surface area (Å²) in [6.45, 7) is 4.54. The van der Waals surface area contributed by atoms with Crippen LogP contribution >= 0.6 is 7.82 Å². The summed E-state index contributed by atoms with van der Waals surface area (Å²) in [5.74, 6) is -1.48. The summed E-state index contributed by atoms with van der Waals surface area (Å²) in [5.41, 5.74) is 0. The van der Waals surface area contributed by atoms with Crippen LogP contribution in [-0.4, -0.2) is 66.5 Å². The third-order valence-electron chi connectivity index (χ3n) is 13.4. The SMILES string of the molecule is CC/C=C\C/C=C\C/C=C\C/C=C\CCCCCCCCC(=O)OC(COC(=O)CCCCCCC/C=C\CCCCCC)COP(=O)(O)OCC(CO)OC(=O)CCCCCCCCCCCCCCCCCCC. The number of phosphoric ester groups is 1. The molecule has 442 valence electrons. The minimum Gasteiger partial charge on any atom is -0.462 e. The van der Waals surface area contributed by atoms with Crippen LogP contribution in [0.2, 0.25) is 0 Å². The summed E-state index contributed by atoms with van der Waals surface area (Å²) < 4.78 is 39.6. The van der Waals surface area contributed by atoms with E-state index < -0.39 is 57.8 Å². The van der Waals surface area contributed by atoms with Crippen molar-refractivity contribution in [3.05, 3.63) is 60.8 Å². The summed E-state index contributed by atoms with van der Waals surface area (Å²) in [6.07, 6.45) is 64.6. The molecule has 0 amide bonds. The Morgan fingerprint density at radius 3 is 1.08 bits per heavy atom. The van der Waals surface area contributed by atoms with Gasteiger partial charge in [-0.25, -0.2) is 4.57 Å². The number of hydrogen-bond acceptors (Lipinski definition) is 10. The molecule has 11 nitrogen and oxygen atoms in total. The van der Waals surface area contributed by atoms with Crippen LogP contribution in [0.1, 0.15) is 290 Å². The third-order valence-corrected chi connectivity index (χ3v) is 14.4. The van der Waals surface area contributed by atoms with E-state index in [1.165, 1.54) is 109 Å². The van der Waals surface area contributed by atoms with E-state index in [4.69, 9.17) is 23.3 Å². The van der Waals surface area contributed by atoms with Crippen LogP contribution in [0.3, 0.4) is 0 Å². The first kappa shape index (κ1) is 73.2. The predicted octanol–water partition coefficient (Wildman–Crippen LogP) is 18.7. The van der Waals surface area contributed by atoms with E-state index in [0.29, 0.717) is 19.3 Å². The van der Waals surface area contributed by atoms with Gasteiger partial charge < -0.3 is 24.2 Å². The molecule has 0 heterocycles. The van der Waals surface area contributed by atoms with E-state index in [0.717, 1.165) is 122 Å². The molecule has 0 rings (SSSR count). The van der Waals surface area contributed by atoms with Crippen LogP contribution < -0.4 is 0 Å². The number of aliphatic hydroxyl groups excluding tert-OH is 1. The van der Waals surface area contributed by atoms with Crippen molar-refractivity contribution in [1.29, 1.82) is 0 Å². The van der Waals surface area contributed by atoms with Crippen LogP contribution in [0.25, 0.3) is 0 Å². The Hall–Kier alpha value is -2.82. The van der Waals surface area contributed by atoms with Crippen LogP contribution in [-0.2, 0) is 42.2 Å². The average Bonchev–Trinajstić information content (AvgIpc) is 3.41. The molecule has 0 spiro atoms. The molecule has 0 aliphatic rings. The molecule has 0 saturated heterocycles. The summed E-state index contributed by atoms with van der Waals surface area (Å²) in [4.78, 5) is 48.7. The van der Waals surface area contributed by atoms with Crippen molar-refractivity contribution < 1.29 is 52.2 Å². The number of carbonyl (C=O) groups is 3. The zero-order valence-electron chi connectivity index (χ0n) is 49.0. The molecule has 0 aromatic heterocycles. The fourth-order valence-electron chi connectivity index (χ4n) is 8.70. The van der Waals surface area contributed by atoms with Gasteiger partial charge in [-0.3, -0.25) is 23.4 Å². The maximum absolute atomic E-state index is 12.9. The zero-order valence-corrected chi connectivity index (χ0v) is 49.9. The molecule has 0 aliphatic carbocycles. The van der Waals surface area contributed by atoms with Crippen molar-refractivity contribution in [2.24, 2.45) is 0 Å². The fourth-order valence-corrected chi connectivity index (χ4v) is 9.48. The average molecular weight is 1090 g/mol. The number of carbonyl (C=O) groups excluding carboxylic acids is 3. The number of unbranched alkanes of at least 4 members (excludes halogenated alkanes) is 31. The van der Waals surface area contributed by atoms with Crippen molar-refractivity contribution in [3.8, 4) is 0 Å². The van der Waals surface area contributed by atoms with E-state index in [1.54, 1.807) is 0 Å². The van der Waals surface area contributed by atoms with Gasteiger partial charge in [0.25, 0.3) is 0 Å². The second-order valence-electron chi connectivity index (χ2n) is 20.8. The maximum atomic E-state index is 12.9. The van der Waals surface area contributed by atoms with Crippen LogP contribution in [0.5, 0.6) is 0 Å². The second-order valence-corrected chi connectivity index (χ2v) is 22.3. The van der Waals surface area contributed by atoms with Gasteiger partial charge in [-0.05, 0) is 83.5 Å². The predicted molar refractivity (Wildman–Crippen MR) is 316 cm³/mol. The Bertz CT molecular complexity index is 1510. The highest BCUT2D eigenvalue weighted by Gasteiger charge is 2.28. The highest BCUT2D eigenvalue weighted by molar-refractivity contribution is 7.47. The lowest BCUT2D eigenvalue weighted by Crippen LogP contribution is -2.30. The number of hydrogen-bond donors (Lipinski definition) is 2. The molecule has 12 heteroatoms. The topological polar surface area (TPSA) is 155 Å². The lowest BCUT2D eigenvalue weighted by atomic mass is 10.0. The largest absolute Gasteiger partial charge is 0.472 e. The number of allylic oxidation sites excluding steroid dienone is 10. The Morgan fingerprint density at radius 1 is 0.382 bits per heavy atom. The second kappa shape index (κ2) is 58.3. The minimum atomic E-state index is -4.75. The number of aliphatic hydroxyl groups is 1. The van der Waals surface area contributed by atoms with E-state index in [-0.39, 0.29) is 25.9 Å². The number of esters is 3. The third kappa shape index (κ3) is 55.9. The van der Waals surface area contributed by atoms with Gasteiger partial charge in [-0.1, -0.05) is 248 Å². The lowest BCUT2D eigenvalue weighted by Gasteiger charge is -2.21. The van der Waals surface area contributed by atoms with Crippen LogP contribution in [0.15, 0.2) is 60.8 Å². The van der Waals surface area contributed by atoms with Crippen LogP contribution in [0.4, 0.5) is 0 Å². The molecule has 0 radical (unpaired) electrons. The van der Waals surface area contributed by atoms with E-state index >= 15 is 0 Å². The Morgan fingerprint density at radius 2 is 0.684 bits per heavy atom. The van der Waals surface area contributed by atoms with E-state index in [9.17, 15) is 28.9 Å². The van der Waals surface area contributed by atoms with Gasteiger partial charge in [0.15, 0.2) is 6.10 Å². The molecule has 0 fully saturated rings. The van der Waals surface area contributed by atoms with Crippen molar-refractivity contribution in [3.63, 3.8) is 0 Å². The van der Waals surface area contributed by atoms with Crippen molar-refractivity contribution in [1.82, 2.24) is 0 Å². The van der Waals surface area contributed by atoms with Gasteiger partial charge >= 0.3 is 25.7 Å². The molecular formula is C64H115O11P. The molecule has 0 aliphatic heterocycles. The molecular weight excluding hydrogens is 976 g/mol. The molecule has 3 atom stereocenters. The normalized spacial score (nSPS) is 13.7. The van der Waals surface area contributed by atoms with E-state index in [2.05, 4.69) is 81.5 Å². The quantitative estimate of drug-likeness (QED) is 0.0197. The van der Waals surface area contributed by atoms with Gasteiger partial charge in [-0.2, -0.15) is 0 Å². The molecule has 0 bridgehead atoms. The Kier molecular flexibility index (Phi) is 56.2. The Labute approximate surface area is 465 Å². The maximum Gasteiger partial charge on any atom is 0.472 e. The number of rotatable bonds is 58. The number of ether oxygens (including phenoxy) is 3. The van der Waals surface area contributed by atoms with Gasteiger partial charge in [0.1, 0.15) is 12.7 Å². The van der Waals surface area contributed by atoms with Crippen molar-refractivity contribution in [2.75, 3.05) is 26.4 Å². The van der Waals surface area contributed by atoms with Crippen LogP contribution in [0, 0.1) is 0 Å². The molecule has 3 unspecified atom stereocenters. The van der Waals surface area contributed by atoms with Gasteiger partial charge in [0.2, 0.25) is 0 Å². The molecule has 0 saturated carbocycles. The first-order valence-corrected chi connectivity index (χ1v) is 32.7. The summed E-state index contributed by atoms with van der Waals surface area (Å²) in [6, 6.07) is 0. The van der Waals surface area contributed by atoms with Gasteiger partial charge in [-0.15, -0.1) is 0 Å². The Balaban J connectivity index is 4.68.